The monoisotopic (exact) mass is 446 g/mol. The number of nitrogens with one attached hydrogen (secondary N) is 2. The van der Waals surface area contributed by atoms with Crippen molar-refractivity contribution in [1.29, 1.82) is 0 Å². The lowest BCUT2D eigenvalue weighted by Crippen LogP contribution is -2.39. The number of aromatic nitrogens is 3. The lowest BCUT2D eigenvalue weighted by atomic mass is 10.1. The summed E-state index contributed by atoms with van der Waals surface area (Å²) in [4.78, 5) is 25.2. The zero-order valence-corrected chi connectivity index (χ0v) is 17.5. The number of carbonyl (C=O) groups excluding carboxylic acids is 1. The summed E-state index contributed by atoms with van der Waals surface area (Å²) in [7, 11) is 1.46. The average molecular weight is 446 g/mol. The van der Waals surface area contributed by atoms with E-state index in [4.69, 9.17) is 4.74 Å². The number of thiazole rings is 1. The fourth-order valence-corrected chi connectivity index (χ4v) is 3.83. The maximum Gasteiger partial charge on any atom is 0.269 e. The predicted octanol–water partition coefficient (Wildman–Crippen LogP) is 3.36. The first-order chi connectivity index (χ1) is 15.0. The second-order valence-corrected chi connectivity index (χ2v) is 7.72. The van der Waals surface area contributed by atoms with Crippen LogP contribution in [0, 0.1) is 11.8 Å². The first-order valence-electron chi connectivity index (χ1n) is 9.66. The first-order valence-corrected chi connectivity index (χ1v) is 10.5. The van der Waals surface area contributed by atoms with Crippen LogP contribution in [0.1, 0.15) is 23.3 Å². The molecule has 0 saturated carbocycles. The number of hydrogen-bond donors (Lipinski definition) is 2. The van der Waals surface area contributed by atoms with Crippen LogP contribution in [-0.4, -0.2) is 47.1 Å². The summed E-state index contributed by atoms with van der Waals surface area (Å²) >= 11 is 1.34. The Balaban J connectivity index is 1.38. The van der Waals surface area contributed by atoms with Crippen molar-refractivity contribution in [3.63, 3.8) is 0 Å². The molecule has 8 nitrogen and oxygen atoms in total. The molecule has 1 aliphatic heterocycles. The van der Waals surface area contributed by atoms with E-state index in [9.17, 15) is 13.6 Å². The smallest absolute Gasteiger partial charge is 0.269 e. The summed E-state index contributed by atoms with van der Waals surface area (Å²) in [5.41, 5.74) is 0.355. The summed E-state index contributed by atoms with van der Waals surface area (Å²) in [6.45, 7) is 1.03. The number of nitrogens with zero attached hydrogens (tertiary/aromatic N) is 4. The van der Waals surface area contributed by atoms with Crippen molar-refractivity contribution in [2.45, 2.75) is 18.9 Å². The molecule has 11 heteroatoms. The molecule has 1 saturated heterocycles. The molecule has 31 heavy (non-hydrogen) atoms. The van der Waals surface area contributed by atoms with Gasteiger partial charge in [-0.05, 0) is 12.1 Å². The molecule has 1 aliphatic rings. The number of hydrogen-bond acceptors (Lipinski definition) is 8. The van der Waals surface area contributed by atoms with Gasteiger partial charge in [0.05, 0.1) is 5.69 Å². The molecule has 4 heterocycles. The van der Waals surface area contributed by atoms with Gasteiger partial charge in [-0.2, -0.15) is 8.78 Å². The molecule has 1 amide bonds. The fourth-order valence-electron chi connectivity index (χ4n) is 3.30. The van der Waals surface area contributed by atoms with E-state index in [2.05, 4.69) is 25.6 Å². The van der Waals surface area contributed by atoms with Crippen molar-refractivity contribution in [3.8, 4) is 5.75 Å². The van der Waals surface area contributed by atoms with Gasteiger partial charge >= 0.3 is 0 Å². The van der Waals surface area contributed by atoms with Crippen molar-refractivity contribution in [3.05, 3.63) is 53.4 Å². The molecule has 0 bridgehead atoms. The van der Waals surface area contributed by atoms with Gasteiger partial charge < -0.3 is 20.3 Å². The van der Waals surface area contributed by atoms with Crippen LogP contribution in [0.5, 0.6) is 5.75 Å². The van der Waals surface area contributed by atoms with Crippen LogP contribution < -0.4 is 20.3 Å². The highest BCUT2D eigenvalue weighted by Crippen LogP contribution is 2.29. The van der Waals surface area contributed by atoms with Crippen molar-refractivity contribution < 1.29 is 18.3 Å². The van der Waals surface area contributed by atoms with Crippen molar-refractivity contribution in [2.75, 3.05) is 30.4 Å². The maximum absolute atomic E-state index is 14.8. The molecule has 162 valence electrons. The largest absolute Gasteiger partial charge is 0.487 e. The van der Waals surface area contributed by atoms with Crippen LogP contribution in [0.2, 0.25) is 0 Å². The number of carbonyl (C=O) groups is 1. The van der Waals surface area contributed by atoms with Crippen LogP contribution in [0.15, 0.2) is 36.0 Å². The lowest BCUT2D eigenvalue weighted by Gasteiger charge is -2.33. The van der Waals surface area contributed by atoms with Gasteiger partial charge in [-0.25, -0.2) is 15.0 Å². The third kappa shape index (κ3) is 4.71. The molecule has 3 aromatic rings. The Morgan fingerprint density at radius 2 is 2.00 bits per heavy atom. The Morgan fingerprint density at radius 1 is 1.19 bits per heavy atom. The molecule has 3 aromatic heterocycles. The van der Waals surface area contributed by atoms with E-state index >= 15 is 0 Å². The number of rotatable bonds is 6. The van der Waals surface area contributed by atoms with Gasteiger partial charge in [0.2, 0.25) is 11.8 Å². The molecular weight excluding hydrogens is 426 g/mol. The molecule has 0 aliphatic carbocycles. The minimum absolute atomic E-state index is 0.0253. The van der Waals surface area contributed by atoms with E-state index in [-0.39, 0.29) is 23.4 Å². The third-order valence-corrected chi connectivity index (χ3v) is 5.57. The van der Waals surface area contributed by atoms with Crippen LogP contribution >= 0.6 is 11.3 Å². The molecule has 0 spiro atoms. The summed E-state index contributed by atoms with van der Waals surface area (Å²) in [6.07, 6.45) is 4.02. The third-order valence-electron chi connectivity index (χ3n) is 4.88. The Labute approximate surface area is 181 Å². The normalized spacial score (nSPS) is 14.4. The number of ether oxygens (including phenoxy) is 1. The zero-order valence-electron chi connectivity index (χ0n) is 16.6. The van der Waals surface area contributed by atoms with Crippen LogP contribution in [0.25, 0.3) is 0 Å². The van der Waals surface area contributed by atoms with Crippen molar-refractivity contribution in [2.24, 2.45) is 0 Å². The van der Waals surface area contributed by atoms with Gasteiger partial charge in [0.1, 0.15) is 11.8 Å². The maximum atomic E-state index is 14.8. The lowest BCUT2D eigenvalue weighted by molar-refractivity contribution is 0.0957. The quantitative estimate of drug-likeness (QED) is 0.561. The van der Waals surface area contributed by atoms with E-state index in [0.717, 1.165) is 0 Å². The van der Waals surface area contributed by atoms with Gasteiger partial charge in [-0.15, -0.1) is 11.3 Å². The Hall–Kier alpha value is -3.34. The minimum Gasteiger partial charge on any atom is -0.487 e. The number of anilines is 3. The van der Waals surface area contributed by atoms with Gasteiger partial charge in [0.15, 0.2) is 16.7 Å². The van der Waals surface area contributed by atoms with E-state index in [1.54, 1.807) is 17.6 Å². The van der Waals surface area contributed by atoms with Gasteiger partial charge in [0, 0.05) is 56.8 Å². The molecule has 0 atom stereocenters. The molecule has 0 radical (unpaired) electrons. The summed E-state index contributed by atoms with van der Waals surface area (Å²) in [5, 5.41) is 7.57. The predicted molar refractivity (Wildman–Crippen MR) is 113 cm³/mol. The fraction of sp³-hybridized carbons (Fsp3) is 0.300. The number of pyridine rings is 2. The highest BCUT2D eigenvalue weighted by Gasteiger charge is 2.25. The van der Waals surface area contributed by atoms with Crippen molar-refractivity contribution in [1.82, 2.24) is 20.3 Å². The number of halogens is 2. The van der Waals surface area contributed by atoms with E-state index in [1.807, 2.05) is 4.90 Å². The van der Waals surface area contributed by atoms with Gasteiger partial charge in [0.25, 0.3) is 5.91 Å². The number of piperidine rings is 1. The Bertz CT molecular complexity index is 1060. The summed E-state index contributed by atoms with van der Waals surface area (Å²) < 4.78 is 35.0. The van der Waals surface area contributed by atoms with Crippen LogP contribution in [0.3, 0.4) is 0 Å². The molecular formula is C20H20F2N6O2S. The Kier molecular flexibility index (Phi) is 6.21. The second kappa shape index (κ2) is 9.21. The minimum atomic E-state index is -0.696. The molecule has 4 rings (SSSR count). The SMILES string of the molecule is CNC(=O)c1ccc(N2CCC(Oc3ccnc(Nc4nccs4)c3F)CC2)c(F)n1. The highest BCUT2D eigenvalue weighted by atomic mass is 32.1. The van der Waals surface area contributed by atoms with Gasteiger partial charge in [-0.3, -0.25) is 4.79 Å². The molecule has 1 fully saturated rings. The van der Waals surface area contributed by atoms with E-state index < -0.39 is 17.7 Å². The van der Waals surface area contributed by atoms with Crippen LogP contribution in [0.4, 0.5) is 25.4 Å². The van der Waals surface area contributed by atoms with Gasteiger partial charge in [-0.1, -0.05) is 0 Å². The average Bonchev–Trinajstić information content (AvgIpc) is 3.30. The highest BCUT2D eigenvalue weighted by molar-refractivity contribution is 7.13. The molecule has 2 N–H and O–H groups in total. The topological polar surface area (TPSA) is 92.3 Å². The van der Waals surface area contributed by atoms with Crippen LogP contribution in [-0.2, 0) is 0 Å². The van der Waals surface area contributed by atoms with E-state index in [1.165, 1.54) is 36.7 Å². The summed E-state index contributed by atoms with van der Waals surface area (Å²) in [6, 6.07) is 4.52. The van der Waals surface area contributed by atoms with Crippen molar-refractivity contribution >= 4 is 33.9 Å². The van der Waals surface area contributed by atoms with E-state index in [0.29, 0.717) is 36.8 Å². The summed E-state index contributed by atoms with van der Waals surface area (Å²) in [5.74, 6) is -1.57. The molecule has 0 aromatic carbocycles. The standard InChI is InChI=1S/C20H20F2N6O2S/c1-23-19(29)13-2-3-14(17(22)26-13)28-9-5-12(6-10-28)30-15-4-7-24-18(16(15)21)27-20-25-8-11-31-20/h2-4,7-8,11-12H,5-6,9-10H2,1H3,(H,23,29)(H,24,25,27). The molecule has 0 unspecified atom stereocenters. The zero-order chi connectivity index (χ0) is 21.8. The Morgan fingerprint density at radius 3 is 2.68 bits per heavy atom. The number of amides is 1. The second-order valence-electron chi connectivity index (χ2n) is 6.82. The first kappa shape index (κ1) is 20.9.